The third-order valence-electron chi connectivity index (χ3n) is 8.02. The van der Waals surface area contributed by atoms with Gasteiger partial charge in [0.05, 0.1) is 0 Å². The normalized spacial score (nSPS) is 51.0. The lowest BCUT2D eigenvalue weighted by Crippen LogP contribution is -2.53. The fourth-order valence-electron chi connectivity index (χ4n) is 6.68. The summed E-state index contributed by atoms with van der Waals surface area (Å²) >= 11 is 0. The minimum absolute atomic E-state index is 0.0442. The molecule has 0 amide bonds. The lowest BCUT2D eigenvalue weighted by Gasteiger charge is -2.59. The molecule has 0 aliphatic heterocycles. The molecule has 2 heteroatoms. The highest BCUT2D eigenvalue weighted by atomic mass is 16.1. The Kier molecular flexibility index (Phi) is 3.03. The maximum atomic E-state index is 12.5. The first-order valence-corrected chi connectivity index (χ1v) is 9.13. The molecule has 0 N–H and O–H groups in total. The van der Waals surface area contributed by atoms with Crippen molar-refractivity contribution in [2.75, 3.05) is 0 Å². The minimum atomic E-state index is -0.0442. The third kappa shape index (κ3) is 1.73. The van der Waals surface area contributed by atoms with E-state index in [1.165, 1.54) is 12.0 Å². The second-order valence-electron chi connectivity index (χ2n) is 8.94. The van der Waals surface area contributed by atoms with E-state index in [0.29, 0.717) is 35.2 Å². The largest absolute Gasteiger partial charge is 0.299 e. The zero-order valence-electron chi connectivity index (χ0n) is 14.2. The Bertz CT molecular complexity index is 574. The first-order valence-electron chi connectivity index (χ1n) is 9.13. The second-order valence-corrected chi connectivity index (χ2v) is 8.94. The molecule has 3 fully saturated rings. The van der Waals surface area contributed by atoms with E-state index in [4.69, 9.17) is 0 Å². The molecule has 0 saturated heterocycles. The Morgan fingerprint density at radius 3 is 2.50 bits per heavy atom. The summed E-state index contributed by atoms with van der Waals surface area (Å²) < 4.78 is 0. The van der Waals surface area contributed by atoms with Crippen molar-refractivity contribution in [3.63, 3.8) is 0 Å². The van der Waals surface area contributed by atoms with Crippen molar-refractivity contribution in [1.29, 1.82) is 0 Å². The van der Waals surface area contributed by atoms with Gasteiger partial charge in [-0.2, -0.15) is 0 Å². The third-order valence-corrected chi connectivity index (χ3v) is 8.02. The molecule has 0 radical (unpaired) electrons. The van der Waals surface area contributed by atoms with E-state index in [-0.39, 0.29) is 10.8 Å². The molecule has 1 unspecified atom stereocenters. The molecule has 0 aromatic heterocycles. The van der Waals surface area contributed by atoms with Crippen molar-refractivity contribution in [3.8, 4) is 0 Å². The quantitative estimate of drug-likeness (QED) is 0.667. The fraction of sp³-hybridized carbons (Fsp3) is 0.800. The lowest BCUT2D eigenvalue weighted by atomic mass is 9.45. The van der Waals surface area contributed by atoms with Gasteiger partial charge in [0.1, 0.15) is 5.78 Å². The number of Topliss-reactive ketones (excluding diaryl/α,β-unsaturated/α-hetero) is 1. The Hall–Kier alpha value is -0.920. The van der Waals surface area contributed by atoms with Crippen LogP contribution in [0.25, 0.3) is 0 Å². The van der Waals surface area contributed by atoms with Crippen LogP contribution in [0.15, 0.2) is 11.6 Å². The van der Waals surface area contributed by atoms with E-state index >= 15 is 0 Å². The summed E-state index contributed by atoms with van der Waals surface area (Å²) in [6, 6.07) is 0. The fourth-order valence-corrected chi connectivity index (χ4v) is 6.68. The van der Waals surface area contributed by atoms with E-state index in [1.807, 2.05) is 6.08 Å². The van der Waals surface area contributed by atoms with Crippen LogP contribution >= 0.6 is 0 Å². The van der Waals surface area contributed by atoms with Gasteiger partial charge in [0.15, 0.2) is 5.78 Å². The summed E-state index contributed by atoms with van der Waals surface area (Å²) in [5, 5.41) is 0. The van der Waals surface area contributed by atoms with Crippen LogP contribution in [-0.2, 0) is 9.59 Å². The molecule has 0 spiro atoms. The Morgan fingerprint density at radius 1 is 1.00 bits per heavy atom. The van der Waals surface area contributed by atoms with Crippen LogP contribution in [-0.4, -0.2) is 11.6 Å². The van der Waals surface area contributed by atoms with E-state index in [9.17, 15) is 9.59 Å². The summed E-state index contributed by atoms with van der Waals surface area (Å²) in [7, 11) is 0. The van der Waals surface area contributed by atoms with Gasteiger partial charge in [-0.15, -0.1) is 0 Å². The van der Waals surface area contributed by atoms with Crippen LogP contribution in [0.1, 0.15) is 65.7 Å². The van der Waals surface area contributed by atoms with Crippen molar-refractivity contribution >= 4 is 11.6 Å². The summed E-state index contributed by atoms with van der Waals surface area (Å²) in [5.74, 6) is 3.42. The average molecular weight is 300 g/mol. The molecule has 4 rings (SSSR count). The first-order chi connectivity index (χ1) is 10.4. The number of allylic oxidation sites excluding steroid dienone is 1. The van der Waals surface area contributed by atoms with Crippen LogP contribution in [0, 0.1) is 34.5 Å². The SMILES string of the molecule is CC1CC2=CC(=O)CC[C@]2(C)[C@@H]2CC[C@]3(C)C(=O)CC[C@H]3[C@H]12. The van der Waals surface area contributed by atoms with E-state index < -0.39 is 0 Å². The van der Waals surface area contributed by atoms with Crippen LogP contribution in [0.3, 0.4) is 0 Å². The van der Waals surface area contributed by atoms with Gasteiger partial charge in [-0.25, -0.2) is 0 Å². The van der Waals surface area contributed by atoms with Gasteiger partial charge in [0.2, 0.25) is 0 Å². The monoisotopic (exact) mass is 300 g/mol. The van der Waals surface area contributed by atoms with Gasteiger partial charge in [-0.3, -0.25) is 9.59 Å². The Morgan fingerprint density at radius 2 is 1.73 bits per heavy atom. The summed E-state index contributed by atoms with van der Waals surface area (Å²) in [5.41, 5.74) is 1.60. The molecular formula is C20H28O2. The summed E-state index contributed by atoms with van der Waals surface area (Å²) in [6.07, 6.45) is 8.95. The molecule has 0 heterocycles. The zero-order chi connectivity index (χ0) is 15.7. The van der Waals surface area contributed by atoms with Crippen molar-refractivity contribution < 1.29 is 9.59 Å². The Labute approximate surface area is 133 Å². The molecule has 6 atom stereocenters. The van der Waals surface area contributed by atoms with Crippen LogP contribution < -0.4 is 0 Å². The topological polar surface area (TPSA) is 34.1 Å². The summed E-state index contributed by atoms with van der Waals surface area (Å²) in [6.45, 7) is 7.02. The molecule has 0 bridgehead atoms. The van der Waals surface area contributed by atoms with Crippen molar-refractivity contribution in [3.05, 3.63) is 11.6 Å². The maximum absolute atomic E-state index is 12.5. The lowest BCUT2D eigenvalue weighted by molar-refractivity contribution is -0.134. The molecule has 22 heavy (non-hydrogen) atoms. The first kappa shape index (κ1) is 14.7. The molecule has 120 valence electrons. The smallest absolute Gasteiger partial charge is 0.155 e. The highest BCUT2D eigenvalue weighted by Crippen LogP contribution is 2.65. The number of carbonyl (C=O) groups is 2. The maximum Gasteiger partial charge on any atom is 0.155 e. The van der Waals surface area contributed by atoms with Crippen LogP contribution in [0.2, 0.25) is 0 Å². The van der Waals surface area contributed by atoms with Crippen LogP contribution in [0.4, 0.5) is 0 Å². The second kappa shape index (κ2) is 4.55. The van der Waals surface area contributed by atoms with Crippen LogP contribution in [0.5, 0.6) is 0 Å². The van der Waals surface area contributed by atoms with E-state index in [2.05, 4.69) is 20.8 Å². The predicted octanol–water partition coefficient (Wildman–Crippen LogP) is 4.33. The molecule has 4 aliphatic carbocycles. The van der Waals surface area contributed by atoms with E-state index in [0.717, 1.165) is 38.5 Å². The minimum Gasteiger partial charge on any atom is -0.299 e. The number of rotatable bonds is 0. The highest BCUT2D eigenvalue weighted by Gasteiger charge is 2.60. The number of hydrogen-bond acceptors (Lipinski definition) is 2. The van der Waals surface area contributed by atoms with Crippen molar-refractivity contribution in [1.82, 2.24) is 0 Å². The van der Waals surface area contributed by atoms with Gasteiger partial charge in [-0.05, 0) is 67.3 Å². The average Bonchev–Trinajstić information content (AvgIpc) is 2.77. The van der Waals surface area contributed by atoms with Gasteiger partial charge < -0.3 is 0 Å². The van der Waals surface area contributed by atoms with Gasteiger partial charge >= 0.3 is 0 Å². The highest BCUT2D eigenvalue weighted by molar-refractivity contribution is 5.91. The number of ketones is 2. The van der Waals surface area contributed by atoms with Gasteiger partial charge in [0, 0.05) is 18.3 Å². The molecule has 0 aromatic rings. The molecule has 0 aromatic carbocycles. The van der Waals surface area contributed by atoms with Crippen molar-refractivity contribution in [2.45, 2.75) is 65.7 Å². The number of fused-ring (bicyclic) bond motifs is 5. The van der Waals surface area contributed by atoms with Gasteiger partial charge in [0.25, 0.3) is 0 Å². The molecule has 2 nitrogen and oxygen atoms in total. The summed E-state index contributed by atoms with van der Waals surface area (Å²) in [4.78, 5) is 24.3. The predicted molar refractivity (Wildman–Crippen MR) is 86.3 cm³/mol. The van der Waals surface area contributed by atoms with Crippen molar-refractivity contribution in [2.24, 2.45) is 34.5 Å². The molecular weight excluding hydrogens is 272 g/mol. The molecule has 3 saturated carbocycles. The number of carbonyl (C=O) groups excluding carboxylic acids is 2. The molecule has 4 aliphatic rings. The van der Waals surface area contributed by atoms with E-state index in [1.54, 1.807) is 0 Å². The zero-order valence-corrected chi connectivity index (χ0v) is 14.2. The standard InChI is InChI=1S/C20H28O2/c1-12-10-13-11-14(21)6-8-19(13,2)16-7-9-20(3)15(18(12)16)4-5-17(20)22/h11-12,15-16,18H,4-10H2,1-3H3/t12?,15-,16+,18-,19-,20-/m0/s1. The van der Waals surface area contributed by atoms with Gasteiger partial charge in [-0.1, -0.05) is 26.3 Å². The Balaban J connectivity index is 1.75. The number of hydrogen-bond donors (Lipinski definition) is 0.